The van der Waals surface area contributed by atoms with Gasteiger partial charge in [-0.05, 0) is 42.8 Å². The van der Waals surface area contributed by atoms with Crippen molar-refractivity contribution in [3.05, 3.63) is 70.2 Å². The van der Waals surface area contributed by atoms with E-state index in [0.29, 0.717) is 23.6 Å². The summed E-state index contributed by atoms with van der Waals surface area (Å²) in [4.78, 5) is 16.6. The Balaban J connectivity index is 1.61. The molecule has 3 aromatic rings. The Morgan fingerprint density at radius 1 is 1.09 bits per heavy atom. The second-order valence-electron chi connectivity index (χ2n) is 4.92. The normalized spacial score (nSPS) is 10.8. The fourth-order valence-corrected chi connectivity index (χ4v) is 2.35. The Kier molecular flexibility index (Phi) is 4.39. The summed E-state index contributed by atoms with van der Waals surface area (Å²) >= 11 is 5.82. The number of benzene rings is 2. The van der Waals surface area contributed by atoms with Crippen LogP contribution in [0.25, 0.3) is 10.9 Å². The van der Waals surface area contributed by atoms with Crippen LogP contribution in [0.5, 0.6) is 5.75 Å². The summed E-state index contributed by atoms with van der Waals surface area (Å²) in [6.45, 7) is 1.10. The third-order valence-corrected chi connectivity index (χ3v) is 3.61. The van der Waals surface area contributed by atoms with Crippen molar-refractivity contribution in [1.29, 1.82) is 0 Å². The van der Waals surface area contributed by atoms with Gasteiger partial charge in [0.25, 0.3) is 5.56 Å². The molecule has 1 heterocycles. The summed E-state index contributed by atoms with van der Waals surface area (Å²) < 4.78 is 7.23. The summed E-state index contributed by atoms with van der Waals surface area (Å²) in [5.74, 6) is 0.772. The molecule has 0 fully saturated rings. The Hall–Kier alpha value is -2.33. The van der Waals surface area contributed by atoms with Crippen LogP contribution in [0.2, 0.25) is 5.02 Å². The topological polar surface area (TPSA) is 44.1 Å². The van der Waals surface area contributed by atoms with Crippen molar-refractivity contribution in [2.45, 2.75) is 13.0 Å². The molecule has 112 valence electrons. The third kappa shape index (κ3) is 3.28. The maximum Gasteiger partial charge on any atom is 0.261 e. The standard InChI is InChI=1S/C17H15ClN2O2/c18-13-6-8-14(9-7-13)22-11-3-10-20-12-19-16-5-2-1-4-15(16)17(20)21/h1-2,4-9,12H,3,10-11H2. The minimum atomic E-state index is -0.0166. The van der Waals surface area contributed by atoms with Gasteiger partial charge in [0.1, 0.15) is 5.75 Å². The van der Waals surface area contributed by atoms with Crippen LogP contribution in [0.4, 0.5) is 0 Å². The number of rotatable bonds is 5. The zero-order chi connectivity index (χ0) is 15.4. The molecule has 0 unspecified atom stereocenters. The van der Waals surface area contributed by atoms with Crippen molar-refractivity contribution < 1.29 is 4.74 Å². The first-order valence-electron chi connectivity index (χ1n) is 7.06. The molecule has 1 aromatic heterocycles. The first kappa shape index (κ1) is 14.6. The van der Waals surface area contributed by atoms with E-state index < -0.39 is 0 Å². The molecular formula is C17H15ClN2O2. The van der Waals surface area contributed by atoms with Gasteiger partial charge in [-0.25, -0.2) is 4.98 Å². The molecule has 0 radical (unpaired) electrons. The van der Waals surface area contributed by atoms with Gasteiger partial charge in [-0.15, -0.1) is 0 Å². The molecule has 0 aliphatic carbocycles. The second-order valence-corrected chi connectivity index (χ2v) is 5.35. The van der Waals surface area contributed by atoms with Crippen LogP contribution in [-0.4, -0.2) is 16.2 Å². The van der Waals surface area contributed by atoms with E-state index in [9.17, 15) is 4.79 Å². The number of aromatic nitrogens is 2. The summed E-state index contributed by atoms with van der Waals surface area (Å²) in [5, 5.41) is 1.32. The minimum absolute atomic E-state index is 0.0166. The molecule has 2 aromatic carbocycles. The number of fused-ring (bicyclic) bond motifs is 1. The molecule has 0 aliphatic heterocycles. The number of halogens is 1. The van der Waals surface area contributed by atoms with Gasteiger partial charge in [0.05, 0.1) is 23.8 Å². The molecule has 4 nitrogen and oxygen atoms in total. The molecule has 0 aliphatic rings. The number of para-hydroxylation sites is 1. The van der Waals surface area contributed by atoms with Gasteiger partial charge >= 0.3 is 0 Å². The third-order valence-electron chi connectivity index (χ3n) is 3.36. The van der Waals surface area contributed by atoms with E-state index in [2.05, 4.69) is 4.98 Å². The summed E-state index contributed by atoms with van der Waals surface area (Å²) in [6, 6.07) is 14.6. The Labute approximate surface area is 132 Å². The zero-order valence-corrected chi connectivity index (χ0v) is 12.7. The lowest BCUT2D eigenvalue weighted by Crippen LogP contribution is -2.21. The average molecular weight is 315 g/mol. The van der Waals surface area contributed by atoms with Gasteiger partial charge in [-0.2, -0.15) is 0 Å². The summed E-state index contributed by atoms with van der Waals surface area (Å²) in [6.07, 6.45) is 2.31. The van der Waals surface area contributed by atoms with E-state index in [1.54, 1.807) is 29.1 Å². The average Bonchev–Trinajstić information content (AvgIpc) is 2.55. The number of aryl methyl sites for hydroxylation is 1. The molecule has 0 saturated carbocycles. The molecule has 3 rings (SSSR count). The van der Waals surface area contributed by atoms with E-state index in [1.807, 2.05) is 30.3 Å². The lowest BCUT2D eigenvalue weighted by molar-refractivity contribution is 0.301. The van der Waals surface area contributed by atoms with E-state index in [4.69, 9.17) is 16.3 Å². The van der Waals surface area contributed by atoms with Crippen LogP contribution in [0.1, 0.15) is 6.42 Å². The molecular weight excluding hydrogens is 300 g/mol. The molecule has 22 heavy (non-hydrogen) atoms. The van der Waals surface area contributed by atoms with E-state index in [0.717, 1.165) is 17.7 Å². The molecule has 0 saturated heterocycles. The molecule has 0 N–H and O–H groups in total. The lowest BCUT2D eigenvalue weighted by atomic mass is 10.2. The van der Waals surface area contributed by atoms with Crippen molar-refractivity contribution in [2.24, 2.45) is 0 Å². The molecule has 0 atom stereocenters. The smallest absolute Gasteiger partial charge is 0.261 e. The van der Waals surface area contributed by atoms with E-state index >= 15 is 0 Å². The minimum Gasteiger partial charge on any atom is -0.494 e. The molecule has 0 spiro atoms. The Morgan fingerprint density at radius 2 is 1.86 bits per heavy atom. The molecule has 0 amide bonds. The first-order chi connectivity index (χ1) is 10.7. The van der Waals surface area contributed by atoms with Gasteiger partial charge in [0.2, 0.25) is 0 Å². The molecule has 5 heteroatoms. The predicted molar refractivity (Wildman–Crippen MR) is 87.6 cm³/mol. The number of hydrogen-bond acceptors (Lipinski definition) is 3. The Morgan fingerprint density at radius 3 is 2.68 bits per heavy atom. The van der Waals surface area contributed by atoms with Gasteiger partial charge in [0.15, 0.2) is 0 Å². The van der Waals surface area contributed by atoms with Crippen molar-refractivity contribution in [3.63, 3.8) is 0 Å². The maximum atomic E-state index is 12.3. The van der Waals surface area contributed by atoms with Crippen LogP contribution < -0.4 is 10.3 Å². The summed E-state index contributed by atoms with van der Waals surface area (Å²) in [5.41, 5.74) is 0.707. The van der Waals surface area contributed by atoms with Gasteiger partial charge in [-0.3, -0.25) is 9.36 Å². The molecule has 0 bridgehead atoms. The van der Waals surface area contributed by atoms with Crippen molar-refractivity contribution in [2.75, 3.05) is 6.61 Å². The number of nitrogens with zero attached hydrogens (tertiary/aromatic N) is 2. The SMILES string of the molecule is O=c1c2ccccc2ncn1CCCOc1ccc(Cl)cc1. The van der Waals surface area contributed by atoms with Gasteiger partial charge < -0.3 is 4.74 Å². The van der Waals surface area contributed by atoms with Crippen molar-refractivity contribution in [3.8, 4) is 5.75 Å². The highest BCUT2D eigenvalue weighted by Crippen LogP contribution is 2.15. The van der Waals surface area contributed by atoms with Crippen molar-refractivity contribution >= 4 is 22.5 Å². The Bertz CT molecular complexity index is 828. The van der Waals surface area contributed by atoms with Crippen LogP contribution in [0, 0.1) is 0 Å². The van der Waals surface area contributed by atoms with E-state index in [-0.39, 0.29) is 5.56 Å². The first-order valence-corrected chi connectivity index (χ1v) is 7.44. The van der Waals surface area contributed by atoms with Crippen LogP contribution in [0.3, 0.4) is 0 Å². The van der Waals surface area contributed by atoms with Crippen molar-refractivity contribution in [1.82, 2.24) is 9.55 Å². The lowest BCUT2D eigenvalue weighted by Gasteiger charge is -2.08. The highest BCUT2D eigenvalue weighted by atomic mass is 35.5. The fourth-order valence-electron chi connectivity index (χ4n) is 2.22. The fraction of sp³-hybridized carbons (Fsp3) is 0.176. The van der Waals surface area contributed by atoms with Crippen LogP contribution in [-0.2, 0) is 6.54 Å². The highest BCUT2D eigenvalue weighted by Gasteiger charge is 2.03. The monoisotopic (exact) mass is 314 g/mol. The maximum absolute atomic E-state index is 12.3. The summed E-state index contributed by atoms with van der Waals surface area (Å²) in [7, 11) is 0. The zero-order valence-electron chi connectivity index (χ0n) is 11.9. The van der Waals surface area contributed by atoms with Crippen LogP contribution in [0.15, 0.2) is 59.7 Å². The second kappa shape index (κ2) is 6.62. The van der Waals surface area contributed by atoms with Crippen LogP contribution >= 0.6 is 11.6 Å². The van der Waals surface area contributed by atoms with E-state index in [1.165, 1.54) is 0 Å². The predicted octanol–water partition coefficient (Wildman–Crippen LogP) is 3.52. The van der Waals surface area contributed by atoms with Gasteiger partial charge in [0, 0.05) is 11.6 Å². The number of ether oxygens (including phenoxy) is 1. The highest BCUT2D eigenvalue weighted by molar-refractivity contribution is 6.30. The largest absolute Gasteiger partial charge is 0.494 e. The van der Waals surface area contributed by atoms with Gasteiger partial charge in [-0.1, -0.05) is 23.7 Å². The quantitative estimate of drug-likeness (QED) is 0.677. The number of hydrogen-bond donors (Lipinski definition) is 0.